The number of aromatic amines is 1. The van der Waals surface area contributed by atoms with Crippen LogP contribution in [0.5, 0.6) is 0 Å². The Morgan fingerprint density at radius 3 is 2.17 bits per heavy atom. The van der Waals surface area contributed by atoms with Crippen LogP contribution in [0.4, 0.5) is 0 Å². The van der Waals surface area contributed by atoms with Gasteiger partial charge in [-0.1, -0.05) is 32.4 Å². The molecule has 1 N–H and O–H groups in total. The monoisotopic (exact) mass is 309 g/mol. The van der Waals surface area contributed by atoms with E-state index in [2.05, 4.69) is 18.8 Å². The summed E-state index contributed by atoms with van der Waals surface area (Å²) in [5, 5.41) is 17.9. The summed E-state index contributed by atoms with van der Waals surface area (Å²) in [6.07, 6.45) is 1.25. The van der Waals surface area contributed by atoms with Crippen molar-refractivity contribution in [3.05, 3.63) is 46.8 Å². The number of ether oxygens (including phenoxy) is 1. The van der Waals surface area contributed by atoms with E-state index in [1.807, 2.05) is 12.1 Å². The molecule has 2 aromatic rings. The van der Waals surface area contributed by atoms with Gasteiger partial charge >= 0.3 is 5.97 Å². The summed E-state index contributed by atoms with van der Waals surface area (Å²) in [7, 11) is 1.27. The van der Waals surface area contributed by atoms with Gasteiger partial charge in [-0.3, -0.25) is 0 Å². The summed E-state index contributed by atoms with van der Waals surface area (Å²) in [5.74, 6) is -0.565. The summed E-state index contributed by atoms with van der Waals surface area (Å²) in [6, 6.07) is 10.8. The molecule has 0 unspecified atom stereocenters. The topological polar surface area (TPSA) is 89.7 Å². The Hall–Kier alpha value is -3.05. The SMILES string of the molecule is CCC.COC(=O)c1c(C#N)[nH]c(C)c1-c1ccc(C#N)cc1. The Bertz CT molecular complexity index is 759. The molecule has 2 rings (SSSR count). The van der Waals surface area contributed by atoms with Crippen LogP contribution < -0.4 is 0 Å². The van der Waals surface area contributed by atoms with Crippen LogP contribution in [0.15, 0.2) is 24.3 Å². The number of nitrogens with zero attached hydrogens (tertiary/aromatic N) is 2. The predicted octanol–water partition coefficient (Wildman–Crippen LogP) is 3.94. The van der Waals surface area contributed by atoms with Gasteiger partial charge in [0.25, 0.3) is 0 Å². The van der Waals surface area contributed by atoms with E-state index in [-0.39, 0.29) is 11.3 Å². The van der Waals surface area contributed by atoms with E-state index in [9.17, 15) is 4.79 Å². The number of nitriles is 2. The number of aromatic nitrogens is 1. The highest BCUT2D eigenvalue weighted by atomic mass is 16.5. The number of hydrogen-bond donors (Lipinski definition) is 1. The third-order valence-electron chi connectivity index (χ3n) is 2.99. The number of carbonyl (C=O) groups is 1. The van der Waals surface area contributed by atoms with Crippen LogP contribution in [-0.2, 0) is 4.74 Å². The van der Waals surface area contributed by atoms with Gasteiger partial charge in [-0.25, -0.2) is 4.79 Å². The largest absolute Gasteiger partial charge is 0.465 e. The van der Waals surface area contributed by atoms with Crippen molar-refractivity contribution in [2.75, 3.05) is 7.11 Å². The van der Waals surface area contributed by atoms with E-state index in [0.717, 1.165) is 5.56 Å². The fraction of sp³-hybridized carbons (Fsp3) is 0.278. The second-order valence-corrected chi connectivity index (χ2v) is 4.87. The van der Waals surface area contributed by atoms with Crippen LogP contribution in [0, 0.1) is 29.6 Å². The van der Waals surface area contributed by atoms with Crippen molar-refractivity contribution >= 4 is 5.97 Å². The maximum Gasteiger partial charge on any atom is 0.341 e. The average molecular weight is 309 g/mol. The zero-order valence-corrected chi connectivity index (χ0v) is 13.7. The minimum Gasteiger partial charge on any atom is -0.465 e. The maximum atomic E-state index is 11.9. The van der Waals surface area contributed by atoms with Gasteiger partial charge in [0, 0.05) is 11.3 Å². The van der Waals surface area contributed by atoms with Crippen molar-refractivity contribution in [1.29, 1.82) is 10.5 Å². The summed E-state index contributed by atoms with van der Waals surface area (Å²) in [5.41, 5.74) is 3.00. The second-order valence-electron chi connectivity index (χ2n) is 4.87. The molecule has 0 atom stereocenters. The molecular weight excluding hydrogens is 290 g/mol. The molecule has 118 valence electrons. The molecule has 0 spiro atoms. The van der Waals surface area contributed by atoms with Gasteiger partial charge in [-0.2, -0.15) is 10.5 Å². The Kier molecular flexibility index (Phi) is 6.58. The van der Waals surface area contributed by atoms with Crippen LogP contribution in [-0.4, -0.2) is 18.1 Å². The first-order valence-electron chi connectivity index (χ1n) is 7.25. The third-order valence-corrected chi connectivity index (χ3v) is 2.99. The molecule has 1 aromatic heterocycles. The molecule has 0 fully saturated rings. The minimum atomic E-state index is -0.565. The summed E-state index contributed by atoms with van der Waals surface area (Å²) in [6.45, 7) is 6.03. The molecule has 1 heterocycles. The quantitative estimate of drug-likeness (QED) is 0.851. The minimum absolute atomic E-state index is 0.175. The van der Waals surface area contributed by atoms with Gasteiger partial charge in [0.15, 0.2) is 0 Å². The number of hydrogen-bond acceptors (Lipinski definition) is 4. The summed E-state index contributed by atoms with van der Waals surface area (Å²) < 4.78 is 4.74. The van der Waals surface area contributed by atoms with Crippen LogP contribution >= 0.6 is 0 Å². The number of methoxy groups -OCH3 is 1. The maximum absolute atomic E-state index is 11.9. The Labute approximate surface area is 136 Å². The van der Waals surface area contributed by atoms with Gasteiger partial charge in [0.2, 0.25) is 0 Å². The van der Waals surface area contributed by atoms with Crippen molar-refractivity contribution < 1.29 is 9.53 Å². The molecule has 0 aliphatic rings. The number of rotatable bonds is 2. The molecule has 23 heavy (non-hydrogen) atoms. The molecule has 0 saturated carbocycles. The van der Waals surface area contributed by atoms with Crippen LogP contribution in [0.2, 0.25) is 0 Å². The summed E-state index contributed by atoms with van der Waals surface area (Å²) in [4.78, 5) is 14.8. The standard InChI is InChI=1S/C15H11N3O2.C3H8/c1-9-13(11-5-3-10(7-16)4-6-11)14(15(19)20-2)12(8-17)18-9;1-3-2/h3-6,18H,1-2H3;3H2,1-2H3. The molecule has 0 saturated heterocycles. The van der Waals surface area contributed by atoms with Gasteiger partial charge in [0.05, 0.1) is 18.7 Å². The molecule has 0 radical (unpaired) electrons. The summed E-state index contributed by atoms with van der Waals surface area (Å²) >= 11 is 0. The van der Waals surface area contributed by atoms with Gasteiger partial charge in [-0.15, -0.1) is 0 Å². The fourth-order valence-electron chi connectivity index (χ4n) is 2.09. The van der Waals surface area contributed by atoms with E-state index in [1.54, 1.807) is 31.2 Å². The first-order valence-corrected chi connectivity index (χ1v) is 7.25. The number of carbonyl (C=O) groups excluding carboxylic acids is 1. The van der Waals surface area contributed by atoms with Crippen molar-refractivity contribution in [2.45, 2.75) is 27.2 Å². The molecule has 1 aromatic carbocycles. The Balaban J connectivity index is 0.000000816. The number of esters is 1. The van der Waals surface area contributed by atoms with Gasteiger partial charge in [0.1, 0.15) is 17.3 Å². The van der Waals surface area contributed by atoms with Crippen molar-refractivity contribution in [1.82, 2.24) is 4.98 Å². The van der Waals surface area contributed by atoms with E-state index in [4.69, 9.17) is 15.3 Å². The predicted molar refractivity (Wildman–Crippen MR) is 87.7 cm³/mol. The molecule has 5 nitrogen and oxygen atoms in total. The average Bonchev–Trinajstić information content (AvgIpc) is 2.91. The molecule has 5 heteroatoms. The number of benzene rings is 1. The van der Waals surface area contributed by atoms with Crippen molar-refractivity contribution in [3.63, 3.8) is 0 Å². The zero-order chi connectivity index (χ0) is 17.4. The lowest BCUT2D eigenvalue weighted by Gasteiger charge is -2.05. The van der Waals surface area contributed by atoms with Crippen molar-refractivity contribution in [2.24, 2.45) is 0 Å². The highest BCUT2D eigenvalue weighted by Crippen LogP contribution is 2.30. The molecule has 0 aliphatic heterocycles. The molecular formula is C18H19N3O2. The normalized spacial score (nSPS) is 9.13. The number of nitrogens with one attached hydrogen (secondary N) is 1. The Morgan fingerprint density at radius 1 is 1.17 bits per heavy atom. The number of aryl methyl sites for hydroxylation is 1. The van der Waals surface area contributed by atoms with Crippen molar-refractivity contribution in [3.8, 4) is 23.3 Å². The van der Waals surface area contributed by atoms with E-state index < -0.39 is 5.97 Å². The Morgan fingerprint density at radius 2 is 1.74 bits per heavy atom. The first-order chi connectivity index (χ1) is 11.0. The lowest BCUT2D eigenvalue weighted by Crippen LogP contribution is -2.04. The highest BCUT2D eigenvalue weighted by molar-refractivity contribution is 6.00. The van der Waals surface area contributed by atoms with E-state index >= 15 is 0 Å². The number of H-pyrrole nitrogens is 1. The third kappa shape index (κ3) is 3.99. The van der Waals surface area contributed by atoms with Crippen LogP contribution in [0.3, 0.4) is 0 Å². The first kappa shape index (κ1) is 18.0. The lowest BCUT2D eigenvalue weighted by atomic mass is 9.99. The van der Waals surface area contributed by atoms with E-state index in [0.29, 0.717) is 16.8 Å². The van der Waals surface area contributed by atoms with Crippen LogP contribution in [0.1, 0.15) is 47.6 Å². The fourth-order valence-corrected chi connectivity index (χ4v) is 2.09. The second kappa shape index (κ2) is 8.41. The zero-order valence-electron chi connectivity index (χ0n) is 13.7. The highest BCUT2D eigenvalue weighted by Gasteiger charge is 2.23. The lowest BCUT2D eigenvalue weighted by molar-refractivity contribution is 0.0601. The smallest absolute Gasteiger partial charge is 0.341 e. The van der Waals surface area contributed by atoms with Crippen LogP contribution in [0.25, 0.3) is 11.1 Å². The molecule has 0 amide bonds. The molecule has 0 bridgehead atoms. The van der Waals surface area contributed by atoms with Gasteiger partial charge < -0.3 is 9.72 Å². The van der Waals surface area contributed by atoms with E-state index in [1.165, 1.54) is 13.5 Å². The molecule has 0 aliphatic carbocycles. The van der Waals surface area contributed by atoms with Gasteiger partial charge in [-0.05, 0) is 24.6 Å².